The van der Waals surface area contributed by atoms with E-state index in [1.165, 1.54) is 0 Å². The number of nitrogens with one attached hydrogen (secondary N) is 1. The van der Waals surface area contributed by atoms with Crippen molar-refractivity contribution in [3.05, 3.63) is 0 Å². The van der Waals surface area contributed by atoms with Crippen LogP contribution in [-0.2, 0) is 4.79 Å². The number of amides is 2. The molecule has 0 bridgehead atoms. The standard InChI is InChI=1S/C11H17F3N2O3/c1-6(2)8(9(17)18)15-10(19)16(7-3-4-7)5-11(12,13)14/h6-8H,3-5H2,1-2H3,(H,15,19)(H,17,18)/t8-/m0/s1. The molecular weight excluding hydrogens is 265 g/mol. The van der Waals surface area contributed by atoms with Gasteiger partial charge in [-0.15, -0.1) is 0 Å². The number of alkyl halides is 3. The predicted octanol–water partition coefficient (Wildman–Crippen LogP) is 1.83. The lowest BCUT2D eigenvalue weighted by Gasteiger charge is -2.27. The summed E-state index contributed by atoms with van der Waals surface area (Å²) in [7, 11) is 0. The first-order chi connectivity index (χ1) is 8.61. The number of carbonyl (C=O) groups excluding carboxylic acids is 1. The maximum absolute atomic E-state index is 12.4. The van der Waals surface area contributed by atoms with E-state index < -0.39 is 42.7 Å². The van der Waals surface area contributed by atoms with Crippen LogP contribution in [0.4, 0.5) is 18.0 Å². The predicted molar refractivity (Wildman–Crippen MR) is 60.6 cm³/mol. The number of halogens is 3. The molecule has 1 atom stereocenters. The van der Waals surface area contributed by atoms with Crippen molar-refractivity contribution in [2.75, 3.05) is 6.54 Å². The lowest BCUT2D eigenvalue weighted by molar-refractivity contribution is -0.142. The molecule has 1 rings (SSSR count). The molecule has 2 amide bonds. The van der Waals surface area contributed by atoms with Gasteiger partial charge in [-0.1, -0.05) is 13.8 Å². The summed E-state index contributed by atoms with van der Waals surface area (Å²) < 4.78 is 37.1. The van der Waals surface area contributed by atoms with Gasteiger partial charge in [0.15, 0.2) is 0 Å². The summed E-state index contributed by atoms with van der Waals surface area (Å²) >= 11 is 0. The molecule has 0 aliphatic heterocycles. The molecule has 0 saturated heterocycles. The van der Waals surface area contributed by atoms with Crippen LogP contribution in [0.2, 0.25) is 0 Å². The molecule has 1 fully saturated rings. The van der Waals surface area contributed by atoms with E-state index in [0.29, 0.717) is 17.7 Å². The summed E-state index contributed by atoms with van der Waals surface area (Å²) in [5, 5.41) is 11.1. The summed E-state index contributed by atoms with van der Waals surface area (Å²) in [6.45, 7) is 1.79. The van der Waals surface area contributed by atoms with Crippen molar-refractivity contribution in [2.45, 2.75) is 44.9 Å². The van der Waals surface area contributed by atoms with Crippen molar-refractivity contribution < 1.29 is 27.9 Å². The van der Waals surface area contributed by atoms with Gasteiger partial charge in [-0.2, -0.15) is 13.2 Å². The molecule has 0 unspecified atom stereocenters. The Hall–Kier alpha value is -1.47. The summed E-state index contributed by atoms with van der Waals surface area (Å²) in [5.41, 5.74) is 0. The topological polar surface area (TPSA) is 69.6 Å². The van der Waals surface area contributed by atoms with Gasteiger partial charge in [0, 0.05) is 6.04 Å². The average Bonchev–Trinajstić information content (AvgIpc) is 3.03. The van der Waals surface area contributed by atoms with Crippen LogP contribution in [-0.4, -0.2) is 46.8 Å². The monoisotopic (exact) mass is 282 g/mol. The van der Waals surface area contributed by atoms with E-state index in [4.69, 9.17) is 5.11 Å². The Morgan fingerprint density at radius 1 is 1.37 bits per heavy atom. The number of rotatable bonds is 5. The maximum atomic E-state index is 12.4. The zero-order valence-electron chi connectivity index (χ0n) is 10.7. The fourth-order valence-corrected chi connectivity index (χ4v) is 1.68. The van der Waals surface area contributed by atoms with Crippen LogP contribution < -0.4 is 5.32 Å². The fourth-order valence-electron chi connectivity index (χ4n) is 1.68. The summed E-state index contributed by atoms with van der Waals surface area (Å²) in [5.74, 6) is -1.67. The molecule has 2 N–H and O–H groups in total. The number of hydrogen-bond acceptors (Lipinski definition) is 2. The summed E-state index contributed by atoms with van der Waals surface area (Å²) in [4.78, 5) is 23.4. The summed E-state index contributed by atoms with van der Waals surface area (Å²) in [6.07, 6.45) is -3.46. The van der Waals surface area contributed by atoms with Gasteiger partial charge in [0.1, 0.15) is 12.6 Å². The quantitative estimate of drug-likeness (QED) is 0.808. The molecule has 1 aliphatic carbocycles. The number of aliphatic carboxylic acids is 1. The lowest BCUT2D eigenvalue weighted by atomic mass is 10.1. The fraction of sp³-hybridized carbons (Fsp3) is 0.818. The van der Waals surface area contributed by atoms with E-state index in [2.05, 4.69) is 5.32 Å². The number of carboxylic acid groups (broad SMARTS) is 1. The van der Waals surface area contributed by atoms with Crippen LogP contribution in [0.25, 0.3) is 0 Å². The molecular formula is C11H17F3N2O3. The minimum absolute atomic E-state index is 0.409. The Balaban J connectivity index is 2.69. The van der Waals surface area contributed by atoms with Crippen LogP contribution >= 0.6 is 0 Å². The van der Waals surface area contributed by atoms with Crippen molar-refractivity contribution in [3.63, 3.8) is 0 Å². The second-order valence-corrected chi connectivity index (χ2v) is 4.98. The highest BCUT2D eigenvalue weighted by atomic mass is 19.4. The van der Waals surface area contributed by atoms with Gasteiger partial charge in [0.25, 0.3) is 0 Å². The van der Waals surface area contributed by atoms with Crippen molar-refractivity contribution in [1.29, 1.82) is 0 Å². The van der Waals surface area contributed by atoms with Gasteiger partial charge < -0.3 is 15.3 Å². The highest BCUT2D eigenvalue weighted by Crippen LogP contribution is 2.30. The number of hydrogen-bond donors (Lipinski definition) is 2. The second-order valence-electron chi connectivity index (χ2n) is 4.98. The molecule has 0 heterocycles. The second kappa shape index (κ2) is 5.66. The minimum atomic E-state index is -4.49. The van der Waals surface area contributed by atoms with Crippen molar-refractivity contribution in [2.24, 2.45) is 5.92 Å². The molecule has 110 valence electrons. The number of carboxylic acids is 1. The maximum Gasteiger partial charge on any atom is 0.406 e. The van der Waals surface area contributed by atoms with Crippen LogP contribution in [0.1, 0.15) is 26.7 Å². The van der Waals surface area contributed by atoms with E-state index >= 15 is 0 Å². The normalized spacial score (nSPS) is 17.2. The van der Waals surface area contributed by atoms with Crippen LogP contribution in [0.5, 0.6) is 0 Å². The highest BCUT2D eigenvalue weighted by Gasteiger charge is 2.41. The molecule has 0 aromatic rings. The molecule has 19 heavy (non-hydrogen) atoms. The lowest BCUT2D eigenvalue weighted by Crippen LogP contribution is -2.52. The Kier molecular flexibility index (Phi) is 4.65. The Bertz CT molecular complexity index is 354. The van der Waals surface area contributed by atoms with Gasteiger partial charge in [-0.3, -0.25) is 0 Å². The molecule has 0 aromatic carbocycles. The molecule has 8 heteroatoms. The average molecular weight is 282 g/mol. The molecule has 1 aliphatic rings. The Labute approximate surface area is 108 Å². The SMILES string of the molecule is CC(C)[C@H](NC(=O)N(CC(F)(F)F)C1CC1)C(=O)O. The highest BCUT2D eigenvalue weighted by molar-refractivity contribution is 5.83. The number of carbonyl (C=O) groups is 2. The third-order valence-electron chi connectivity index (χ3n) is 2.81. The van der Waals surface area contributed by atoms with E-state index in [-0.39, 0.29) is 0 Å². The molecule has 0 aromatic heterocycles. The van der Waals surface area contributed by atoms with E-state index in [9.17, 15) is 22.8 Å². The zero-order chi connectivity index (χ0) is 14.8. The Morgan fingerprint density at radius 2 is 1.89 bits per heavy atom. The van der Waals surface area contributed by atoms with Crippen molar-refractivity contribution in [1.82, 2.24) is 10.2 Å². The zero-order valence-corrected chi connectivity index (χ0v) is 10.7. The van der Waals surface area contributed by atoms with Crippen LogP contribution in [0.3, 0.4) is 0 Å². The smallest absolute Gasteiger partial charge is 0.406 e. The Morgan fingerprint density at radius 3 is 2.21 bits per heavy atom. The van der Waals surface area contributed by atoms with Crippen molar-refractivity contribution in [3.8, 4) is 0 Å². The first-order valence-electron chi connectivity index (χ1n) is 5.98. The first-order valence-corrected chi connectivity index (χ1v) is 5.98. The number of urea groups is 1. The van der Waals surface area contributed by atoms with Gasteiger partial charge in [0.05, 0.1) is 0 Å². The third-order valence-corrected chi connectivity index (χ3v) is 2.81. The van der Waals surface area contributed by atoms with Crippen molar-refractivity contribution >= 4 is 12.0 Å². The van der Waals surface area contributed by atoms with Gasteiger partial charge in [0.2, 0.25) is 0 Å². The van der Waals surface area contributed by atoms with Crippen LogP contribution in [0, 0.1) is 5.92 Å². The van der Waals surface area contributed by atoms with Crippen LogP contribution in [0.15, 0.2) is 0 Å². The minimum Gasteiger partial charge on any atom is -0.480 e. The molecule has 0 radical (unpaired) electrons. The van der Waals surface area contributed by atoms with Gasteiger partial charge in [-0.25, -0.2) is 9.59 Å². The largest absolute Gasteiger partial charge is 0.480 e. The first kappa shape index (κ1) is 15.6. The van der Waals surface area contributed by atoms with E-state index in [1.807, 2.05) is 0 Å². The number of nitrogens with zero attached hydrogens (tertiary/aromatic N) is 1. The third kappa shape index (κ3) is 4.96. The van der Waals surface area contributed by atoms with E-state index in [1.54, 1.807) is 13.8 Å². The van der Waals surface area contributed by atoms with Gasteiger partial charge >= 0.3 is 18.2 Å². The summed E-state index contributed by atoms with van der Waals surface area (Å²) in [6, 6.07) is -2.61. The molecule has 5 nitrogen and oxygen atoms in total. The molecule has 0 spiro atoms. The van der Waals surface area contributed by atoms with Gasteiger partial charge in [-0.05, 0) is 18.8 Å². The van der Waals surface area contributed by atoms with E-state index in [0.717, 1.165) is 0 Å². The molecule has 1 saturated carbocycles.